The van der Waals surface area contributed by atoms with Crippen molar-refractivity contribution in [2.45, 2.75) is 38.9 Å². The Kier molecular flexibility index (Phi) is 1.61. The van der Waals surface area contributed by atoms with Gasteiger partial charge < -0.3 is 18.5 Å². The molecule has 0 N–H and O–H groups in total. The van der Waals surface area contributed by atoms with E-state index in [4.69, 9.17) is 19.2 Å². The Labute approximate surface area is 101 Å². The van der Waals surface area contributed by atoms with Crippen LogP contribution in [0.2, 0.25) is 0 Å². The van der Waals surface area contributed by atoms with Gasteiger partial charge in [-0.25, -0.2) is 0 Å². The van der Waals surface area contributed by atoms with Crippen molar-refractivity contribution >= 4 is 12.7 Å². The Morgan fingerprint density at radius 2 is 2.00 bits per heavy atom. The number of hydrogen-bond donors (Lipinski definition) is 0. The van der Waals surface area contributed by atoms with Crippen LogP contribution in [0.5, 0.6) is 6.08 Å². The quantitative estimate of drug-likeness (QED) is 0.707. The average Bonchev–Trinajstić information content (AvgIpc) is 2.63. The second-order valence-electron chi connectivity index (χ2n) is 4.66. The molecule has 0 spiro atoms. The average molecular weight is 229 g/mol. The van der Waals surface area contributed by atoms with Crippen LogP contribution < -0.4 is 10.3 Å². The van der Waals surface area contributed by atoms with Crippen molar-refractivity contribution in [2.75, 3.05) is 7.04 Å². The lowest BCUT2D eigenvalue weighted by Gasteiger charge is -2.32. The molecule has 1 saturated heterocycles. The van der Waals surface area contributed by atoms with E-state index in [1.165, 1.54) is 0 Å². The predicted molar refractivity (Wildman–Crippen MR) is 58.8 cm³/mol. The molecular formula is C10H16BNO4. The van der Waals surface area contributed by atoms with Crippen molar-refractivity contribution in [3.8, 4) is 6.08 Å². The summed E-state index contributed by atoms with van der Waals surface area (Å²) in [7, 11) is -3.59. The van der Waals surface area contributed by atoms with Crippen molar-refractivity contribution in [3.05, 3.63) is 6.24 Å². The zero-order valence-electron chi connectivity index (χ0n) is 13.7. The number of rotatable bonds is 2. The number of ether oxygens (including phenoxy) is 1. The summed E-state index contributed by atoms with van der Waals surface area (Å²) in [4.78, 5) is 3.82. The summed E-state index contributed by atoms with van der Waals surface area (Å²) in [6.45, 7) is 7.43. The number of nitrogens with zero attached hydrogens (tertiary/aromatic N) is 1. The van der Waals surface area contributed by atoms with Crippen molar-refractivity contribution < 1.29 is 23.9 Å². The van der Waals surface area contributed by atoms with Gasteiger partial charge >= 0.3 is 13.2 Å². The normalized spacial score (nSPS) is 26.9. The molecule has 6 heteroatoms. The Morgan fingerprint density at radius 1 is 1.38 bits per heavy atom. The first kappa shape index (κ1) is 7.35. The first-order chi connectivity index (χ1) is 8.91. The molecule has 1 aliphatic rings. The lowest BCUT2D eigenvalue weighted by molar-refractivity contribution is 0.00578. The van der Waals surface area contributed by atoms with E-state index in [0.29, 0.717) is 0 Å². The summed E-state index contributed by atoms with van der Waals surface area (Å²) >= 11 is 0. The van der Waals surface area contributed by atoms with Gasteiger partial charge in [-0.1, -0.05) is 0 Å². The van der Waals surface area contributed by atoms with Gasteiger partial charge in [0.2, 0.25) is 0 Å². The summed E-state index contributed by atoms with van der Waals surface area (Å²) in [5.41, 5.74) is -1.12. The Bertz CT molecular complexity index is 498. The summed E-state index contributed by atoms with van der Waals surface area (Å²) in [5, 5.41) is 0. The molecule has 1 fully saturated rings. The maximum absolute atomic E-state index is 7.67. The highest BCUT2D eigenvalue weighted by Gasteiger charge is 2.52. The van der Waals surface area contributed by atoms with E-state index in [0.717, 1.165) is 0 Å². The van der Waals surface area contributed by atoms with Crippen LogP contribution in [0.3, 0.4) is 0 Å². The van der Waals surface area contributed by atoms with Crippen LogP contribution in [0.25, 0.3) is 0 Å². The van der Waals surface area contributed by atoms with E-state index in [-0.39, 0.29) is 11.8 Å². The molecule has 2 rings (SSSR count). The SMILES string of the molecule is [2H]c1oc(OC([2H])([2H])[2H])nc1B1OC(C)(C)C(C)(C)O1. The fraction of sp³-hybridized carbons (Fsp3) is 0.700. The van der Waals surface area contributed by atoms with E-state index in [1.807, 2.05) is 27.7 Å². The van der Waals surface area contributed by atoms with Gasteiger partial charge in [-0.3, -0.25) is 0 Å². The Morgan fingerprint density at radius 3 is 2.56 bits per heavy atom. The zero-order valence-corrected chi connectivity index (χ0v) is 9.66. The number of oxazole rings is 1. The predicted octanol–water partition coefficient (Wildman–Crippen LogP) is 0.982. The van der Waals surface area contributed by atoms with Gasteiger partial charge in [0.15, 0.2) is 0 Å². The molecule has 1 aliphatic heterocycles. The van der Waals surface area contributed by atoms with E-state index in [2.05, 4.69) is 9.72 Å². The van der Waals surface area contributed by atoms with Crippen LogP contribution in [-0.2, 0) is 9.31 Å². The molecule has 16 heavy (non-hydrogen) atoms. The first-order valence-corrected chi connectivity index (χ1v) is 4.93. The lowest BCUT2D eigenvalue weighted by Crippen LogP contribution is -2.41. The second-order valence-corrected chi connectivity index (χ2v) is 4.66. The van der Waals surface area contributed by atoms with E-state index >= 15 is 0 Å². The maximum atomic E-state index is 7.67. The van der Waals surface area contributed by atoms with Crippen molar-refractivity contribution in [1.29, 1.82) is 0 Å². The third-order valence-corrected chi connectivity index (χ3v) is 3.02. The molecule has 0 aliphatic carbocycles. The minimum atomic E-state index is -2.69. The van der Waals surface area contributed by atoms with E-state index in [1.54, 1.807) is 0 Å². The standard InChI is InChI=1S/C10H16BNO4/c1-9(2)10(3,4)16-11(15-9)7-6-14-8(12-7)13-5/h6H,1-5H3/i5D3,6D. The molecule has 1 aromatic heterocycles. The third-order valence-electron chi connectivity index (χ3n) is 3.02. The zero-order chi connectivity index (χ0) is 15.3. The van der Waals surface area contributed by atoms with Crippen LogP contribution in [0, 0.1) is 0 Å². The molecule has 88 valence electrons. The van der Waals surface area contributed by atoms with Crippen LogP contribution in [0.1, 0.15) is 33.2 Å². The van der Waals surface area contributed by atoms with Gasteiger partial charge in [-0.05, 0) is 27.7 Å². The Hall–Kier alpha value is -1.01. The molecule has 0 radical (unpaired) electrons. The minimum absolute atomic E-state index is 0.0582. The van der Waals surface area contributed by atoms with Gasteiger partial charge in [-0.2, -0.15) is 4.98 Å². The van der Waals surface area contributed by atoms with Gasteiger partial charge in [0.25, 0.3) is 0 Å². The molecule has 0 bridgehead atoms. The molecule has 2 heterocycles. The van der Waals surface area contributed by atoms with Gasteiger partial charge in [0, 0.05) is 0 Å². The highest BCUT2D eigenvalue weighted by atomic mass is 16.7. The van der Waals surface area contributed by atoms with Crippen LogP contribution in [0.15, 0.2) is 10.7 Å². The van der Waals surface area contributed by atoms with Crippen molar-refractivity contribution in [2.24, 2.45) is 0 Å². The third kappa shape index (κ3) is 1.72. The maximum Gasteiger partial charge on any atom is 0.518 e. The van der Waals surface area contributed by atoms with Crippen LogP contribution >= 0.6 is 0 Å². The molecule has 0 unspecified atom stereocenters. The molecule has 0 amide bonds. The van der Waals surface area contributed by atoms with Crippen LogP contribution in [-0.4, -0.2) is 30.3 Å². The number of methoxy groups -OCH3 is 1. The minimum Gasteiger partial charge on any atom is -0.454 e. The monoisotopic (exact) mass is 229 g/mol. The van der Waals surface area contributed by atoms with Gasteiger partial charge in [0.05, 0.1) is 22.4 Å². The molecule has 0 saturated carbocycles. The highest BCUT2D eigenvalue weighted by molar-refractivity contribution is 6.61. The summed E-state index contributed by atoms with van der Waals surface area (Å²) in [6, 6.07) is 0. The van der Waals surface area contributed by atoms with E-state index in [9.17, 15) is 0 Å². The van der Waals surface area contributed by atoms with Crippen molar-refractivity contribution in [3.63, 3.8) is 0 Å². The molecule has 1 aromatic rings. The van der Waals surface area contributed by atoms with E-state index < -0.39 is 31.4 Å². The number of hydrogen-bond acceptors (Lipinski definition) is 5. The lowest BCUT2D eigenvalue weighted by atomic mass is 9.86. The van der Waals surface area contributed by atoms with Gasteiger partial charge in [0.1, 0.15) is 13.2 Å². The molecule has 0 atom stereocenters. The topological polar surface area (TPSA) is 53.7 Å². The summed E-state index contributed by atoms with van der Waals surface area (Å²) in [6.07, 6.45) is -0.845. The van der Waals surface area contributed by atoms with Gasteiger partial charge in [-0.15, -0.1) is 0 Å². The smallest absolute Gasteiger partial charge is 0.454 e. The Balaban J connectivity index is 2.23. The summed E-state index contributed by atoms with van der Waals surface area (Å²) in [5.74, 6) is 0. The number of aromatic nitrogens is 1. The molecule has 5 nitrogen and oxygen atoms in total. The molecular weight excluding hydrogens is 209 g/mol. The fourth-order valence-electron chi connectivity index (χ4n) is 1.34. The fourth-order valence-corrected chi connectivity index (χ4v) is 1.34. The van der Waals surface area contributed by atoms with Crippen LogP contribution in [0.4, 0.5) is 0 Å². The largest absolute Gasteiger partial charge is 0.518 e. The first-order valence-electron chi connectivity index (χ1n) is 6.93. The molecule has 0 aromatic carbocycles. The summed E-state index contributed by atoms with van der Waals surface area (Å²) < 4.78 is 49.4. The second kappa shape index (κ2) is 3.50. The highest BCUT2D eigenvalue weighted by Crippen LogP contribution is 2.36. The van der Waals surface area contributed by atoms with Crippen molar-refractivity contribution in [1.82, 2.24) is 4.98 Å².